The van der Waals surface area contributed by atoms with Gasteiger partial charge < -0.3 is 8.23 Å². The van der Waals surface area contributed by atoms with Gasteiger partial charge >= 0.3 is 8.56 Å². The second-order valence-electron chi connectivity index (χ2n) is 10.8. The summed E-state index contributed by atoms with van der Waals surface area (Å²) in [5, 5.41) is 0. The van der Waals surface area contributed by atoms with E-state index in [1.807, 2.05) is 0 Å². The minimum atomic E-state index is -2.18. The van der Waals surface area contributed by atoms with Crippen LogP contribution in [0.4, 0.5) is 0 Å². The smallest absolute Gasteiger partial charge is 0.322 e. The Bertz CT molecular complexity index is 551. The minimum Gasteiger partial charge on any atom is -0.436 e. The van der Waals surface area contributed by atoms with Crippen molar-refractivity contribution >= 4 is 25.2 Å². The first-order valence-electron chi connectivity index (χ1n) is 9.66. The van der Waals surface area contributed by atoms with Crippen molar-refractivity contribution < 1.29 is 8.23 Å². The number of rotatable bonds is 6. The van der Waals surface area contributed by atoms with E-state index in [2.05, 4.69) is 90.4 Å². The molecule has 0 amide bonds. The standard InChI is InChI=1S/C20H38O2Si3/c1-20(2,3)15-19-18(17-13-11-10-12-14-17)16-25(19,21-23(4,5)6)22-24(7,8)9/h10-14,18-19H,15-16H2,1-9H3/t18-,19-/m1/s1. The van der Waals surface area contributed by atoms with Crippen LogP contribution in [0.2, 0.25) is 50.9 Å². The molecule has 0 radical (unpaired) electrons. The highest BCUT2D eigenvalue weighted by molar-refractivity contribution is 6.90. The van der Waals surface area contributed by atoms with Gasteiger partial charge in [0.1, 0.15) is 0 Å². The molecule has 1 aliphatic rings. The highest BCUT2D eigenvalue weighted by Gasteiger charge is 2.63. The van der Waals surface area contributed by atoms with Crippen LogP contribution < -0.4 is 0 Å². The topological polar surface area (TPSA) is 18.5 Å². The summed E-state index contributed by atoms with van der Waals surface area (Å²) in [6, 6.07) is 12.2. The lowest BCUT2D eigenvalue weighted by Gasteiger charge is -2.57. The molecule has 1 aromatic carbocycles. The molecule has 1 aliphatic heterocycles. The van der Waals surface area contributed by atoms with Crippen LogP contribution in [-0.4, -0.2) is 25.2 Å². The van der Waals surface area contributed by atoms with Crippen LogP contribution in [0, 0.1) is 5.41 Å². The molecule has 0 spiro atoms. The summed E-state index contributed by atoms with van der Waals surface area (Å²) >= 11 is 0. The zero-order chi connectivity index (χ0) is 19.1. The van der Waals surface area contributed by atoms with Crippen LogP contribution in [0.5, 0.6) is 0 Å². The third kappa shape index (κ3) is 5.89. The third-order valence-corrected chi connectivity index (χ3v) is 15.0. The maximum Gasteiger partial charge on any atom is 0.322 e. The second kappa shape index (κ2) is 7.08. The molecular formula is C20H38O2Si3. The molecule has 0 bridgehead atoms. The third-order valence-electron chi connectivity index (χ3n) is 4.57. The molecule has 142 valence electrons. The van der Waals surface area contributed by atoms with Gasteiger partial charge in [-0.3, -0.25) is 0 Å². The summed E-state index contributed by atoms with van der Waals surface area (Å²) in [5.41, 5.74) is 2.33. The molecule has 2 atom stereocenters. The summed E-state index contributed by atoms with van der Waals surface area (Å²) in [5.74, 6) is 0.597. The van der Waals surface area contributed by atoms with E-state index in [0.717, 1.165) is 6.04 Å². The van der Waals surface area contributed by atoms with Gasteiger partial charge in [0.2, 0.25) is 0 Å². The Morgan fingerprint density at radius 2 is 1.40 bits per heavy atom. The van der Waals surface area contributed by atoms with Gasteiger partial charge in [0.15, 0.2) is 16.6 Å². The summed E-state index contributed by atoms with van der Waals surface area (Å²) in [6.07, 6.45) is 1.19. The highest BCUT2D eigenvalue weighted by Crippen LogP contribution is 2.60. The highest BCUT2D eigenvalue weighted by atomic mass is 28.5. The fraction of sp³-hybridized carbons (Fsp3) is 0.700. The van der Waals surface area contributed by atoms with Crippen molar-refractivity contribution in [3.63, 3.8) is 0 Å². The van der Waals surface area contributed by atoms with E-state index in [4.69, 9.17) is 8.23 Å². The molecular weight excluding hydrogens is 356 g/mol. The largest absolute Gasteiger partial charge is 0.436 e. The fourth-order valence-corrected chi connectivity index (χ4v) is 17.6. The molecule has 2 nitrogen and oxygen atoms in total. The summed E-state index contributed by atoms with van der Waals surface area (Å²) in [7, 11) is -5.48. The maximum absolute atomic E-state index is 6.94. The van der Waals surface area contributed by atoms with Crippen molar-refractivity contribution in [2.45, 2.75) is 84.0 Å². The zero-order valence-electron chi connectivity index (χ0n) is 17.8. The van der Waals surface area contributed by atoms with Crippen LogP contribution in [-0.2, 0) is 8.23 Å². The zero-order valence-corrected chi connectivity index (χ0v) is 20.8. The lowest BCUT2D eigenvalue weighted by atomic mass is 9.83. The molecule has 0 saturated carbocycles. The summed E-state index contributed by atoms with van der Waals surface area (Å²) in [4.78, 5) is 0. The monoisotopic (exact) mass is 394 g/mol. The van der Waals surface area contributed by atoms with Crippen molar-refractivity contribution in [1.82, 2.24) is 0 Å². The Morgan fingerprint density at radius 1 is 0.920 bits per heavy atom. The van der Waals surface area contributed by atoms with Gasteiger partial charge in [-0.2, -0.15) is 0 Å². The molecule has 1 fully saturated rings. The van der Waals surface area contributed by atoms with E-state index in [-0.39, 0.29) is 0 Å². The van der Waals surface area contributed by atoms with Crippen molar-refractivity contribution in [2.24, 2.45) is 5.41 Å². The molecule has 25 heavy (non-hydrogen) atoms. The molecule has 1 aromatic rings. The van der Waals surface area contributed by atoms with E-state index in [1.54, 1.807) is 0 Å². The number of hydrogen-bond donors (Lipinski definition) is 0. The SMILES string of the molecule is CC(C)(C)C[C@@H]1[C@@H](c2ccccc2)C[Si]1(O[Si](C)(C)C)O[Si](C)(C)C. The molecule has 2 rings (SSSR count). The Kier molecular flexibility index (Phi) is 5.97. The molecule has 1 saturated heterocycles. The Morgan fingerprint density at radius 3 is 1.80 bits per heavy atom. The average Bonchev–Trinajstić information content (AvgIpc) is 2.39. The molecule has 5 heteroatoms. The van der Waals surface area contributed by atoms with Gasteiger partial charge in [-0.1, -0.05) is 51.1 Å². The molecule has 0 aromatic heterocycles. The molecule has 0 unspecified atom stereocenters. The Hall–Kier alpha value is -0.209. The number of hydrogen-bond acceptors (Lipinski definition) is 2. The van der Waals surface area contributed by atoms with Gasteiger partial charge in [0.25, 0.3) is 0 Å². The van der Waals surface area contributed by atoms with Crippen LogP contribution >= 0.6 is 0 Å². The predicted molar refractivity (Wildman–Crippen MR) is 116 cm³/mol. The van der Waals surface area contributed by atoms with Crippen LogP contribution in [0.3, 0.4) is 0 Å². The summed E-state index contributed by atoms with van der Waals surface area (Å²) < 4.78 is 13.9. The maximum atomic E-state index is 6.94. The van der Waals surface area contributed by atoms with Crippen LogP contribution in [0.15, 0.2) is 30.3 Å². The molecule has 0 aliphatic carbocycles. The number of benzene rings is 1. The van der Waals surface area contributed by atoms with E-state index in [9.17, 15) is 0 Å². The Labute approximate surface area is 158 Å². The summed E-state index contributed by atoms with van der Waals surface area (Å²) in [6.45, 7) is 21.0. The van der Waals surface area contributed by atoms with Gasteiger partial charge in [-0.25, -0.2) is 0 Å². The lowest BCUT2D eigenvalue weighted by molar-refractivity contribution is 0.242. The van der Waals surface area contributed by atoms with Crippen molar-refractivity contribution in [2.75, 3.05) is 0 Å². The Balaban J connectivity index is 2.39. The quantitative estimate of drug-likeness (QED) is 0.498. The van der Waals surface area contributed by atoms with E-state index in [1.165, 1.54) is 12.0 Å². The van der Waals surface area contributed by atoms with Gasteiger partial charge in [0.05, 0.1) is 0 Å². The fourth-order valence-electron chi connectivity index (χ4n) is 4.05. The van der Waals surface area contributed by atoms with Crippen molar-refractivity contribution in [3.8, 4) is 0 Å². The lowest BCUT2D eigenvalue weighted by Crippen LogP contribution is -2.65. The van der Waals surface area contributed by atoms with Crippen molar-refractivity contribution in [3.05, 3.63) is 35.9 Å². The van der Waals surface area contributed by atoms with Gasteiger partial charge in [0, 0.05) is 5.54 Å². The molecule has 1 heterocycles. The van der Waals surface area contributed by atoms with E-state index in [0.29, 0.717) is 16.9 Å². The first-order valence-corrected chi connectivity index (χ1v) is 18.6. The first kappa shape index (κ1) is 21.1. The van der Waals surface area contributed by atoms with Crippen LogP contribution in [0.1, 0.15) is 38.7 Å². The van der Waals surface area contributed by atoms with Gasteiger partial charge in [-0.15, -0.1) is 0 Å². The molecule has 0 N–H and O–H groups in total. The van der Waals surface area contributed by atoms with E-state index < -0.39 is 25.2 Å². The van der Waals surface area contributed by atoms with E-state index >= 15 is 0 Å². The minimum absolute atomic E-state index is 0.294. The van der Waals surface area contributed by atoms with Crippen LogP contribution in [0.25, 0.3) is 0 Å². The van der Waals surface area contributed by atoms with Crippen molar-refractivity contribution in [1.29, 1.82) is 0 Å². The van der Waals surface area contributed by atoms with Gasteiger partial charge in [-0.05, 0) is 68.6 Å². The normalized spacial score (nSPS) is 24.0. The first-order chi connectivity index (χ1) is 11.2. The second-order valence-corrected chi connectivity index (χ2v) is 23.7. The predicted octanol–water partition coefficient (Wildman–Crippen LogP) is 6.74. The average molecular weight is 395 g/mol.